The SMILES string of the molecule is COCC(N)C(=O)NCc1ccc(CN2CCC(C)CC2)cc1. The number of hydrogen-bond acceptors (Lipinski definition) is 4. The summed E-state index contributed by atoms with van der Waals surface area (Å²) in [5.41, 5.74) is 8.09. The molecule has 0 saturated carbocycles. The summed E-state index contributed by atoms with van der Waals surface area (Å²) in [5, 5.41) is 2.83. The van der Waals surface area contributed by atoms with E-state index >= 15 is 0 Å². The number of amides is 1. The highest BCUT2D eigenvalue weighted by molar-refractivity contribution is 5.81. The fourth-order valence-corrected chi connectivity index (χ4v) is 2.82. The van der Waals surface area contributed by atoms with Crippen molar-refractivity contribution in [1.29, 1.82) is 0 Å². The number of benzene rings is 1. The first-order chi connectivity index (χ1) is 11.1. The lowest BCUT2D eigenvalue weighted by Crippen LogP contribution is -2.43. The minimum Gasteiger partial charge on any atom is -0.383 e. The largest absolute Gasteiger partial charge is 0.383 e. The minimum atomic E-state index is -0.610. The molecule has 0 radical (unpaired) electrons. The molecule has 1 heterocycles. The molecule has 1 amide bonds. The van der Waals surface area contributed by atoms with Crippen molar-refractivity contribution < 1.29 is 9.53 Å². The molecule has 1 saturated heterocycles. The Bertz CT molecular complexity index is 482. The highest BCUT2D eigenvalue weighted by atomic mass is 16.5. The van der Waals surface area contributed by atoms with Crippen molar-refractivity contribution in [1.82, 2.24) is 10.2 Å². The molecule has 128 valence electrons. The lowest BCUT2D eigenvalue weighted by Gasteiger charge is -2.30. The molecule has 3 N–H and O–H groups in total. The fraction of sp³-hybridized carbons (Fsp3) is 0.611. The van der Waals surface area contributed by atoms with E-state index in [2.05, 4.69) is 41.4 Å². The summed E-state index contributed by atoms with van der Waals surface area (Å²) < 4.78 is 4.88. The van der Waals surface area contributed by atoms with Gasteiger partial charge in [-0.2, -0.15) is 0 Å². The molecule has 1 aliphatic heterocycles. The number of carbonyl (C=O) groups excluding carboxylic acids is 1. The highest BCUT2D eigenvalue weighted by Crippen LogP contribution is 2.18. The van der Waals surface area contributed by atoms with Gasteiger partial charge < -0.3 is 15.8 Å². The Kier molecular flexibility index (Phi) is 7.02. The van der Waals surface area contributed by atoms with Crippen molar-refractivity contribution in [2.24, 2.45) is 11.7 Å². The molecule has 1 aromatic carbocycles. The van der Waals surface area contributed by atoms with Crippen LogP contribution in [0.2, 0.25) is 0 Å². The molecule has 0 bridgehead atoms. The van der Waals surface area contributed by atoms with Crippen molar-refractivity contribution in [3.63, 3.8) is 0 Å². The number of nitrogens with zero attached hydrogens (tertiary/aromatic N) is 1. The van der Waals surface area contributed by atoms with Gasteiger partial charge in [0.1, 0.15) is 6.04 Å². The quantitative estimate of drug-likeness (QED) is 0.799. The van der Waals surface area contributed by atoms with Crippen LogP contribution in [0.4, 0.5) is 0 Å². The zero-order valence-corrected chi connectivity index (χ0v) is 14.3. The van der Waals surface area contributed by atoms with Gasteiger partial charge in [-0.05, 0) is 43.0 Å². The van der Waals surface area contributed by atoms with Crippen LogP contribution in [0, 0.1) is 5.92 Å². The summed E-state index contributed by atoms with van der Waals surface area (Å²) in [6, 6.07) is 7.83. The molecule has 1 aliphatic rings. The summed E-state index contributed by atoms with van der Waals surface area (Å²) in [6.07, 6.45) is 2.59. The Morgan fingerprint density at radius 2 is 1.91 bits per heavy atom. The van der Waals surface area contributed by atoms with Crippen molar-refractivity contribution in [2.45, 2.75) is 38.9 Å². The molecule has 5 heteroatoms. The van der Waals surface area contributed by atoms with E-state index in [1.54, 1.807) is 0 Å². The molecule has 23 heavy (non-hydrogen) atoms. The lowest BCUT2D eigenvalue weighted by atomic mass is 9.99. The summed E-state index contributed by atoms with van der Waals surface area (Å²) in [7, 11) is 1.54. The van der Waals surface area contributed by atoms with E-state index in [-0.39, 0.29) is 12.5 Å². The Labute approximate surface area is 139 Å². The predicted octanol–water partition coefficient (Wildman–Crippen LogP) is 1.51. The van der Waals surface area contributed by atoms with Gasteiger partial charge in [-0.1, -0.05) is 31.2 Å². The molecule has 0 aliphatic carbocycles. The Hall–Kier alpha value is -1.43. The van der Waals surface area contributed by atoms with Crippen LogP contribution in [0.25, 0.3) is 0 Å². The summed E-state index contributed by atoms with van der Waals surface area (Å²) in [6.45, 7) is 6.46. The minimum absolute atomic E-state index is 0.182. The van der Waals surface area contributed by atoms with Crippen molar-refractivity contribution in [2.75, 3.05) is 26.8 Å². The number of rotatable bonds is 7. The predicted molar refractivity (Wildman–Crippen MR) is 91.8 cm³/mol. The number of nitrogens with two attached hydrogens (primary N) is 1. The average molecular weight is 319 g/mol. The summed E-state index contributed by atoms with van der Waals surface area (Å²) in [4.78, 5) is 14.3. The molecule has 0 spiro atoms. The van der Waals surface area contributed by atoms with Gasteiger partial charge >= 0.3 is 0 Å². The molecular weight excluding hydrogens is 290 g/mol. The smallest absolute Gasteiger partial charge is 0.239 e. The number of carbonyl (C=O) groups is 1. The molecule has 2 rings (SSSR count). The second-order valence-corrected chi connectivity index (χ2v) is 6.55. The number of ether oxygens (including phenoxy) is 1. The molecule has 1 unspecified atom stereocenters. The average Bonchev–Trinajstić information content (AvgIpc) is 2.56. The first-order valence-electron chi connectivity index (χ1n) is 8.41. The van der Waals surface area contributed by atoms with E-state index in [0.29, 0.717) is 6.54 Å². The van der Waals surface area contributed by atoms with Crippen molar-refractivity contribution in [3.05, 3.63) is 35.4 Å². The van der Waals surface area contributed by atoms with E-state index in [0.717, 1.165) is 18.0 Å². The van der Waals surface area contributed by atoms with Crippen LogP contribution in [0.3, 0.4) is 0 Å². The molecule has 5 nitrogen and oxygen atoms in total. The van der Waals surface area contributed by atoms with Crippen LogP contribution in [-0.4, -0.2) is 43.7 Å². The van der Waals surface area contributed by atoms with Gasteiger partial charge in [0.15, 0.2) is 0 Å². The number of likely N-dealkylation sites (tertiary alicyclic amines) is 1. The number of hydrogen-bond donors (Lipinski definition) is 2. The standard InChI is InChI=1S/C18H29N3O2/c1-14-7-9-21(10-8-14)12-16-5-3-15(4-6-16)11-20-18(22)17(19)13-23-2/h3-6,14,17H,7-13,19H2,1-2H3,(H,20,22). The topological polar surface area (TPSA) is 67.6 Å². The van der Waals surface area contributed by atoms with Gasteiger partial charge in [0.05, 0.1) is 6.61 Å². The maximum absolute atomic E-state index is 11.7. The third kappa shape index (κ3) is 5.94. The van der Waals surface area contributed by atoms with Crippen LogP contribution in [0.1, 0.15) is 30.9 Å². The molecule has 1 atom stereocenters. The maximum atomic E-state index is 11.7. The van der Waals surface area contributed by atoms with Gasteiger partial charge in [-0.25, -0.2) is 0 Å². The monoisotopic (exact) mass is 319 g/mol. The maximum Gasteiger partial charge on any atom is 0.239 e. The normalized spacial score (nSPS) is 17.9. The number of piperidine rings is 1. The van der Waals surface area contributed by atoms with E-state index in [9.17, 15) is 4.79 Å². The van der Waals surface area contributed by atoms with E-state index in [1.165, 1.54) is 38.6 Å². The van der Waals surface area contributed by atoms with Crippen LogP contribution in [0.5, 0.6) is 0 Å². The lowest BCUT2D eigenvalue weighted by molar-refractivity contribution is -0.123. The Balaban J connectivity index is 1.77. The van der Waals surface area contributed by atoms with Gasteiger partial charge in [0.2, 0.25) is 5.91 Å². The van der Waals surface area contributed by atoms with Crippen molar-refractivity contribution >= 4 is 5.91 Å². The molecular formula is C18H29N3O2. The first-order valence-corrected chi connectivity index (χ1v) is 8.41. The van der Waals surface area contributed by atoms with Gasteiger partial charge in [-0.15, -0.1) is 0 Å². The van der Waals surface area contributed by atoms with Crippen LogP contribution in [0.15, 0.2) is 24.3 Å². The molecule has 1 aromatic rings. The van der Waals surface area contributed by atoms with Crippen molar-refractivity contribution in [3.8, 4) is 0 Å². The van der Waals surface area contributed by atoms with E-state index < -0.39 is 6.04 Å². The van der Waals surface area contributed by atoms with Crippen LogP contribution < -0.4 is 11.1 Å². The third-order valence-electron chi connectivity index (χ3n) is 4.46. The fourth-order valence-electron chi connectivity index (χ4n) is 2.82. The summed E-state index contributed by atoms with van der Waals surface area (Å²) >= 11 is 0. The van der Waals surface area contributed by atoms with Gasteiger partial charge in [-0.3, -0.25) is 9.69 Å². The number of nitrogens with one attached hydrogen (secondary N) is 1. The zero-order valence-electron chi connectivity index (χ0n) is 14.3. The van der Waals surface area contributed by atoms with Gasteiger partial charge in [0, 0.05) is 20.2 Å². The summed E-state index contributed by atoms with van der Waals surface area (Å²) in [5.74, 6) is 0.681. The van der Waals surface area contributed by atoms with Crippen LogP contribution >= 0.6 is 0 Å². The molecule has 1 fully saturated rings. The third-order valence-corrected chi connectivity index (χ3v) is 4.46. The molecule has 0 aromatic heterocycles. The Morgan fingerprint density at radius 1 is 1.30 bits per heavy atom. The highest BCUT2D eigenvalue weighted by Gasteiger charge is 2.15. The second kappa shape index (κ2) is 9.01. The Morgan fingerprint density at radius 3 is 2.52 bits per heavy atom. The van der Waals surface area contributed by atoms with E-state index in [4.69, 9.17) is 10.5 Å². The second-order valence-electron chi connectivity index (χ2n) is 6.55. The zero-order chi connectivity index (χ0) is 16.7. The van der Waals surface area contributed by atoms with Gasteiger partial charge in [0.25, 0.3) is 0 Å². The van der Waals surface area contributed by atoms with E-state index in [1.807, 2.05) is 0 Å². The number of methoxy groups -OCH3 is 1. The first kappa shape index (κ1) is 17.9. The van der Waals surface area contributed by atoms with Crippen LogP contribution in [-0.2, 0) is 22.6 Å².